The predicted octanol–water partition coefficient (Wildman–Crippen LogP) is 3.30. The van der Waals surface area contributed by atoms with E-state index in [9.17, 15) is 4.39 Å². The van der Waals surface area contributed by atoms with Crippen LogP contribution in [0.15, 0.2) is 42.6 Å². The van der Waals surface area contributed by atoms with Gasteiger partial charge in [-0.3, -0.25) is 0 Å². The summed E-state index contributed by atoms with van der Waals surface area (Å²) in [4.78, 5) is 6.19. The monoisotopic (exact) mass is 216 g/mol. The minimum Gasteiger partial charge on any atom is -0.329 e. The number of benzene rings is 1. The summed E-state index contributed by atoms with van der Waals surface area (Å²) in [6.45, 7) is 2.02. The summed E-state index contributed by atoms with van der Waals surface area (Å²) in [7, 11) is 1.91. The second-order valence-electron chi connectivity index (χ2n) is 3.73. The maximum absolute atomic E-state index is 12.8. The van der Waals surface area contributed by atoms with Crippen molar-refractivity contribution in [3.05, 3.63) is 54.0 Å². The molecule has 0 aliphatic heterocycles. The average Bonchev–Trinajstić information content (AvgIpc) is 2.29. The van der Waals surface area contributed by atoms with Gasteiger partial charge < -0.3 is 4.90 Å². The normalized spacial score (nSPS) is 10.2. The molecule has 0 aliphatic carbocycles. The Bertz CT molecular complexity index is 480. The summed E-state index contributed by atoms with van der Waals surface area (Å²) >= 11 is 0. The molecular weight excluding hydrogens is 203 g/mol. The zero-order valence-corrected chi connectivity index (χ0v) is 9.31. The van der Waals surface area contributed by atoms with E-state index < -0.39 is 0 Å². The summed E-state index contributed by atoms with van der Waals surface area (Å²) in [5, 5.41) is 0. The van der Waals surface area contributed by atoms with Crippen molar-refractivity contribution >= 4 is 11.5 Å². The van der Waals surface area contributed by atoms with Gasteiger partial charge in [0.2, 0.25) is 0 Å². The van der Waals surface area contributed by atoms with Gasteiger partial charge >= 0.3 is 0 Å². The molecule has 0 saturated heterocycles. The van der Waals surface area contributed by atoms with Gasteiger partial charge in [0, 0.05) is 18.9 Å². The standard InChI is InChI=1S/C13H13FN2/c1-10-7-8-15-13(9-10)16(2)12-5-3-11(14)4-6-12/h3-9H,1-2H3. The Kier molecular flexibility index (Phi) is 2.86. The van der Waals surface area contributed by atoms with Crippen molar-refractivity contribution in [2.45, 2.75) is 6.92 Å². The third kappa shape index (κ3) is 2.19. The number of rotatable bonds is 2. The average molecular weight is 216 g/mol. The molecule has 0 bridgehead atoms. The Balaban J connectivity index is 2.31. The van der Waals surface area contributed by atoms with Gasteiger partial charge in [-0.15, -0.1) is 0 Å². The van der Waals surface area contributed by atoms with E-state index in [-0.39, 0.29) is 5.82 Å². The van der Waals surface area contributed by atoms with E-state index in [1.807, 2.05) is 31.0 Å². The van der Waals surface area contributed by atoms with Crippen LogP contribution >= 0.6 is 0 Å². The zero-order chi connectivity index (χ0) is 11.5. The Hall–Kier alpha value is -1.90. The van der Waals surface area contributed by atoms with Gasteiger partial charge in [-0.25, -0.2) is 9.37 Å². The van der Waals surface area contributed by atoms with Crippen LogP contribution in [0.1, 0.15) is 5.56 Å². The number of halogens is 1. The maximum atomic E-state index is 12.8. The molecule has 16 heavy (non-hydrogen) atoms. The van der Waals surface area contributed by atoms with Crippen LogP contribution in [-0.4, -0.2) is 12.0 Å². The number of hydrogen-bond acceptors (Lipinski definition) is 2. The van der Waals surface area contributed by atoms with Gasteiger partial charge in [-0.05, 0) is 48.9 Å². The SMILES string of the molecule is Cc1ccnc(N(C)c2ccc(F)cc2)c1. The van der Waals surface area contributed by atoms with E-state index in [0.717, 1.165) is 17.1 Å². The number of hydrogen-bond donors (Lipinski definition) is 0. The molecule has 0 aliphatic rings. The molecule has 0 N–H and O–H groups in total. The second kappa shape index (κ2) is 4.31. The Morgan fingerprint density at radius 1 is 1.12 bits per heavy atom. The third-order valence-electron chi connectivity index (χ3n) is 2.46. The van der Waals surface area contributed by atoms with Crippen LogP contribution in [0.3, 0.4) is 0 Å². The number of nitrogens with zero attached hydrogens (tertiary/aromatic N) is 2. The molecule has 0 spiro atoms. The highest BCUT2D eigenvalue weighted by molar-refractivity contribution is 5.59. The number of aromatic nitrogens is 1. The van der Waals surface area contributed by atoms with Crippen molar-refractivity contribution in [2.75, 3.05) is 11.9 Å². The summed E-state index contributed by atoms with van der Waals surface area (Å²) in [5.41, 5.74) is 2.07. The molecule has 1 aromatic carbocycles. The van der Waals surface area contributed by atoms with Crippen molar-refractivity contribution in [1.82, 2.24) is 4.98 Å². The molecule has 82 valence electrons. The lowest BCUT2D eigenvalue weighted by Crippen LogP contribution is -2.11. The van der Waals surface area contributed by atoms with Crippen LogP contribution < -0.4 is 4.90 Å². The van der Waals surface area contributed by atoms with Crippen LogP contribution in [-0.2, 0) is 0 Å². The smallest absolute Gasteiger partial charge is 0.132 e. The first-order chi connectivity index (χ1) is 7.66. The number of aryl methyl sites for hydroxylation is 1. The first-order valence-electron chi connectivity index (χ1n) is 5.09. The van der Waals surface area contributed by atoms with Crippen LogP contribution in [0.4, 0.5) is 15.9 Å². The molecule has 2 nitrogen and oxygen atoms in total. The summed E-state index contributed by atoms with van der Waals surface area (Å²) in [6, 6.07) is 10.3. The molecule has 1 heterocycles. The highest BCUT2D eigenvalue weighted by Crippen LogP contribution is 2.21. The molecule has 0 amide bonds. The lowest BCUT2D eigenvalue weighted by molar-refractivity contribution is 0.628. The van der Waals surface area contributed by atoms with Gasteiger partial charge in [-0.1, -0.05) is 0 Å². The minimum absolute atomic E-state index is 0.227. The van der Waals surface area contributed by atoms with Gasteiger partial charge in [0.05, 0.1) is 0 Å². The van der Waals surface area contributed by atoms with Crippen molar-refractivity contribution in [3.8, 4) is 0 Å². The van der Waals surface area contributed by atoms with Crippen molar-refractivity contribution < 1.29 is 4.39 Å². The summed E-state index contributed by atoms with van der Waals surface area (Å²) in [6.07, 6.45) is 1.77. The van der Waals surface area contributed by atoms with Gasteiger partial charge in [-0.2, -0.15) is 0 Å². The van der Waals surface area contributed by atoms with E-state index in [1.54, 1.807) is 18.3 Å². The number of pyridine rings is 1. The maximum Gasteiger partial charge on any atom is 0.132 e. The molecule has 3 heteroatoms. The van der Waals surface area contributed by atoms with Crippen LogP contribution in [0, 0.1) is 12.7 Å². The fraction of sp³-hybridized carbons (Fsp3) is 0.154. The molecule has 0 saturated carbocycles. The lowest BCUT2D eigenvalue weighted by Gasteiger charge is -2.18. The van der Waals surface area contributed by atoms with E-state index >= 15 is 0 Å². The Morgan fingerprint density at radius 3 is 2.44 bits per heavy atom. The van der Waals surface area contributed by atoms with Crippen LogP contribution in [0.5, 0.6) is 0 Å². The molecule has 0 atom stereocenters. The highest BCUT2D eigenvalue weighted by Gasteiger charge is 2.04. The fourth-order valence-electron chi connectivity index (χ4n) is 1.50. The van der Waals surface area contributed by atoms with E-state index in [1.165, 1.54) is 12.1 Å². The molecule has 0 unspecified atom stereocenters. The Labute approximate surface area is 94.4 Å². The van der Waals surface area contributed by atoms with E-state index in [2.05, 4.69) is 4.98 Å². The fourth-order valence-corrected chi connectivity index (χ4v) is 1.50. The molecule has 1 aromatic heterocycles. The van der Waals surface area contributed by atoms with Crippen molar-refractivity contribution in [3.63, 3.8) is 0 Å². The largest absolute Gasteiger partial charge is 0.329 e. The molecule has 2 aromatic rings. The van der Waals surface area contributed by atoms with Gasteiger partial charge in [0.15, 0.2) is 0 Å². The number of anilines is 2. The minimum atomic E-state index is -0.227. The van der Waals surface area contributed by atoms with Crippen molar-refractivity contribution in [2.24, 2.45) is 0 Å². The van der Waals surface area contributed by atoms with Crippen molar-refractivity contribution in [1.29, 1.82) is 0 Å². The topological polar surface area (TPSA) is 16.1 Å². The second-order valence-corrected chi connectivity index (χ2v) is 3.73. The molecule has 2 rings (SSSR count). The lowest BCUT2D eigenvalue weighted by atomic mass is 10.2. The van der Waals surface area contributed by atoms with Crippen LogP contribution in [0.25, 0.3) is 0 Å². The molecule has 0 radical (unpaired) electrons. The summed E-state index contributed by atoms with van der Waals surface area (Å²) in [5.74, 6) is 0.626. The molecular formula is C13H13FN2. The zero-order valence-electron chi connectivity index (χ0n) is 9.31. The van der Waals surface area contributed by atoms with Crippen LogP contribution in [0.2, 0.25) is 0 Å². The first kappa shape index (κ1) is 10.6. The van der Waals surface area contributed by atoms with Gasteiger partial charge in [0.1, 0.15) is 11.6 Å². The summed E-state index contributed by atoms with van der Waals surface area (Å²) < 4.78 is 12.8. The van der Waals surface area contributed by atoms with E-state index in [0.29, 0.717) is 0 Å². The Morgan fingerprint density at radius 2 is 1.81 bits per heavy atom. The first-order valence-corrected chi connectivity index (χ1v) is 5.09. The predicted molar refractivity (Wildman–Crippen MR) is 63.4 cm³/mol. The third-order valence-corrected chi connectivity index (χ3v) is 2.46. The van der Waals surface area contributed by atoms with Gasteiger partial charge in [0.25, 0.3) is 0 Å². The highest BCUT2D eigenvalue weighted by atomic mass is 19.1. The quantitative estimate of drug-likeness (QED) is 0.765. The van der Waals surface area contributed by atoms with E-state index in [4.69, 9.17) is 0 Å². The molecule has 0 fully saturated rings.